The number of hydrogen-bond donors (Lipinski definition) is 0. The van der Waals surface area contributed by atoms with E-state index in [1.54, 1.807) is 6.07 Å². The van der Waals surface area contributed by atoms with E-state index in [4.69, 9.17) is 0 Å². The predicted molar refractivity (Wildman–Crippen MR) is 108 cm³/mol. The molecule has 1 fully saturated rings. The Morgan fingerprint density at radius 3 is 2.12 bits per heavy atom. The van der Waals surface area contributed by atoms with E-state index in [1.807, 2.05) is 29.2 Å². The van der Waals surface area contributed by atoms with Crippen LogP contribution in [0.3, 0.4) is 0 Å². The van der Waals surface area contributed by atoms with E-state index >= 15 is 0 Å². The maximum absolute atomic E-state index is 12.8. The van der Waals surface area contributed by atoms with Crippen LogP contribution in [0.15, 0.2) is 48.5 Å². The van der Waals surface area contributed by atoms with Gasteiger partial charge in [-0.25, -0.2) is 0 Å². The molecule has 0 atom stereocenters. The van der Waals surface area contributed by atoms with Crippen LogP contribution in [0.2, 0.25) is 0 Å². The number of nitrogens with zero attached hydrogens (tertiary/aromatic N) is 2. The first kappa shape index (κ1) is 24.1. The molecule has 0 aromatic heterocycles. The van der Waals surface area contributed by atoms with Crippen molar-refractivity contribution in [3.8, 4) is 0 Å². The van der Waals surface area contributed by atoms with Gasteiger partial charge in [-0.1, -0.05) is 42.5 Å². The molecule has 9 heteroatoms. The Balaban J connectivity index is 1.45. The van der Waals surface area contributed by atoms with Gasteiger partial charge in [0.2, 0.25) is 5.91 Å². The second kappa shape index (κ2) is 9.52. The SMILES string of the molecule is CN(CC(F)(F)F)C(=O)C1CN(Cc2ccc(CCc3cccc(C(F)(F)F)c3)cc2)C1. The van der Waals surface area contributed by atoms with Crippen molar-refractivity contribution in [2.45, 2.75) is 31.7 Å². The number of aryl methyl sites for hydroxylation is 2. The molecule has 0 saturated carbocycles. The lowest BCUT2D eigenvalue weighted by atomic mass is 9.97. The molecule has 3 rings (SSSR count). The second-order valence-corrected chi connectivity index (χ2v) is 8.22. The third-order valence-corrected chi connectivity index (χ3v) is 5.48. The Kier molecular flexibility index (Phi) is 7.17. The summed E-state index contributed by atoms with van der Waals surface area (Å²) >= 11 is 0. The highest BCUT2D eigenvalue weighted by atomic mass is 19.4. The molecule has 1 saturated heterocycles. The molecule has 2 aromatic carbocycles. The van der Waals surface area contributed by atoms with Gasteiger partial charge in [0.05, 0.1) is 11.5 Å². The summed E-state index contributed by atoms with van der Waals surface area (Å²) in [5.74, 6) is -0.919. The minimum absolute atomic E-state index is 0.415. The summed E-state index contributed by atoms with van der Waals surface area (Å²) in [6, 6.07) is 13.0. The van der Waals surface area contributed by atoms with Gasteiger partial charge in [0.1, 0.15) is 6.54 Å². The minimum atomic E-state index is -4.41. The van der Waals surface area contributed by atoms with Crippen molar-refractivity contribution in [1.29, 1.82) is 0 Å². The molecule has 174 valence electrons. The van der Waals surface area contributed by atoms with Gasteiger partial charge >= 0.3 is 12.4 Å². The number of hydrogen-bond acceptors (Lipinski definition) is 2. The molecule has 2 aromatic rings. The molecular formula is C23H24F6N2O. The number of carbonyl (C=O) groups excluding carboxylic acids is 1. The third kappa shape index (κ3) is 6.72. The molecule has 3 nitrogen and oxygen atoms in total. The summed E-state index contributed by atoms with van der Waals surface area (Å²) in [4.78, 5) is 14.8. The van der Waals surface area contributed by atoms with Crippen molar-refractivity contribution < 1.29 is 31.1 Å². The van der Waals surface area contributed by atoms with Crippen molar-refractivity contribution >= 4 is 5.91 Å². The minimum Gasteiger partial charge on any atom is -0.336 e. The van der Waals surface area contributed by atoms with Crippen molar-refractivity contribution in [2.24, 2.45) is 5.92 Å². The molecule has 0 unspecified atom stereocenters. The van der Waals surface area contributed by atoms with Gasteiger partial charge < -0.3 is 4.90 Å². The quantitative estimate of drug-likeness (QED) is 0.549. The zero-order chi connectivity index (χ0) is 23.5. The van der Waals surface area contributed by atoms with Crippen LogP contribution in [0.4, 0.5) is 26.3 Å². The van der Waals surface area contributed by atoms with E-state index < -0.39 is 36.3 Å². The van der Waals surface area contributed by atoms with Crippen LogP contribution < -0.4 is 0 Å². The second-order valence-electron chi connectivity index (χ2n) is 8.22. The Hall–Kier alpha value is -2.55. The van der Waals surface area contributed by atoms with Gasteiger partial charge in [0.15, 0.2) is 0 Å². The third-order valence-electron chi connectivity index (χ3n) is 5.48. The van der Waals surface area contributed by atoms with Crippen molar-refractivity contribution in [3.05, 3.63) is 70.8 Å². The highest BCUT2D eigenvalue weighted by Crippen LogP contribution is 2.30. The van der Waals surface area contributed by atoms with Crippen LogP contribution in [0, 0.1) is 5.92 Å². The fourth-order valence-electron chi connectivity index (χ4n) is 3.78. The molecule has 0 bridgehead atoms. The molecule has 0 aliphatic carbocycles. The standard InChI is InChI=1S/C23H24F6N2O/c1-30(15-22(24,25)26)21(32)19-13-31(14-19)12-18-9-6-16(7-10-18)5-8-17-3-2-4-20(11-17)23(27,28)29/h2-4,6-7,9-11,19H,5,8,12-15H2,1H3. The number of rotatable bonds is 7. The highest BCUT2D eigenvalue weighted by Gasteiger charge is 2.38. The Bertz CT molecular complexity index is 917. The number of carbonyl (C=O) groups is 1. The number of amides is 1. The molecule has 1 aliphatic heterocycles. The number of alkyl halides is 6. The molecule has 0 N–H and O–H groups in total. The lowest BCUT2D eigenvalue weighted by Crippen LogP contribution is -2.54. The Morgan fingerprint density at radius 2 is 1.53 bits per heavy atom. The predicted octanol–water partition coefficient (Wildman–Crippen LogP) is 4.94. The maximum Gasteiger partial charge on any atom is 0.416 e. The van der Waals surface area contributed by atoms with Gasteiger partial charge in [0, 0.05) is 26.7 Å². The average Bonchev–Trinajstić information content (AvgIpc) is 2.67. The summed E-state index contributed by atoms with van der Waals surface area (Å²) in [7, 11) is 1.16. The van der Waals surface area contributed by atoms with Gasteiger partial charge in [-0.15, -0.1) is 0 Å². The molecular weight excluding hydrogens is 434 g/mol. The van der Waals surface area contributed by atoms with E-state index in [0.29, 0.717) is 38.0 Å². The summed E-state index contributed by atoms with van der Waals surface area (Å²) in [6.45, 7) is 0.168. The molecule has 32 heavy (non-hydrogen) atoms. The van der Waals surface area contributed by atoms with Crippen LogP contribution in [-0.2, 0) is 30.4 Å². The van der Waals surface area contributed by atoms with Crippen molar-refractivity contribution in [1.82, 2.24) is 9.80 Å². The number of halogens is 6. The topological polar surface area (TPSA) is 23.6 Å². The summed E-state index contributed by atoms with van der Waals surface area (Å²) in [5, 5.41) is 0. The summed E-state index contributed by atoms with van der Waals surface area (Å²) in [6.07, 6.45) is -7.67. The van der Waals surface area contributed by atoms with E-state index in [2.05, 4.69) is 0 Å². The van der Waals surface area contributed by atoms with Crippen LogP contribution in [0.5, 0.6) is 0 Å². The first-order valence-electron chi connectivity index (χ1n) is 10.2. The Labute approximate surface area is 182 Å². The zero-order valence-electron chi connectivity index (χ0n) is 17.5. The lowest BCUT2D eigenvalue weighted by molar-refractivity contribution is -0.164. The average molecular weight is 458 g/mol. The monoisotopic (exact) mass is 458 g/mol. The maximum atomic E-state index is 12.8. The molecule has 0 radical (unpaired) electrons. The van der Waals surface area contributed by atoms with Gasteiger partial charge in [-0.3, -0.25) is 9.69 Å². The number of likely N-dealkylation sites (tertiary alicyclic amines) is 1. The normalized spacial score (nSPS) is 15.5. The van der Waals surface area contributed by atoms with Crippen LogP contribution >= 0.6 is 0 Å². The highest BCUT2D eigenvalue weighted by molar-refractivity contribution is 5.80. The largest absolute Gasteiger partial charge is 0.416 e. The first-order valence-corrected chi connectivity index (χ1v) is 10.2. The Morgan fingerprint density at radius 1 is 0.938 bits per heavy atom. The van der Waals surface area contributed by atoms with Crippen LogP contribution in [0.1, 0.15) is 22.3 Å². The zero-order valence-corrected chi connectivity index (χ0v) is 17.5. The van der Waals surface area contributed by atoms with Gasteiger partial charge in [-0.2, -0.15) is 26.3 Å². The fraction of sp³-hybridized carbons (Fsp3) is 0.435. The van der Waals surface area contributed by atoms with E-state index in [9.17, 15) is 31.1 Å². The smallest absolute Gasteiger partial charge is 0.336 e. The van der Waals surface area contributed by atoms with Gasteiger partial charge in [-0.05, 0) is 35.6 Å². The van der Waals surface area contributed by atoms with E-state index in [1.165, 1.54) is 12.1 Å². The number of benzene rings is 2. The molecule has 1 heterocycles. The van der Waals surface area contributed by atoms with Crippen LogP contribution in [0.25, 0.3) is 0 Å². The van der Waals surface area contributed by atoms with Gasteiger partial charge in [0.25, 0.3) is 0 Å². The lowest BCUT2D eigenvalue weighted by Gasteiger charge is -2.40. The van der Waals surface area contributed by atoms with Crippen molar-refractivity contribution in [2.75, 3.05) is 26.7 Å². The van der Waals surface area contributed by atoms with Crippen molar-refractivity contribution in [3.63, 3.8) is 0 Å². The van der Waals surface area contributed by atoms with E-state index in [-0.39, 0.29) is 0 Å². The molecule has 1 aliphatic rings. The summed E-state index contributed by atoms with van der Waals surface area (Å²) < 4.78 is 75.7. The fourth-order valence-corrected chi connectivity index (χ4v) is 3.78. The molecule has 1 amide bonds. The summed E-state index contributed by atoms with van der Waals surface area (Å²) in [5.41, 5.74) is 1.97. The first-order chi connectivity index (χ1) is 14.9. The van der Waals surface area contributed by atoms with E-state index in [0.717, 1.165) is 29.1 Å². The molecule has 0 spiro atoms. The van der Waals surface area contributed by atoms with Crippen LogP contribution in [-0.4, -0.2) is 48.6 Å².